The summed E-state index contributed by atoms with van der Waals surface area (Å²) < 4.78 is 5.31. The molecule has 0 aliphatic carbocycles. The molecule has 0 bridgehead atoms. The van der Waals surface area contributed by atoms with Gasteiger partial charge >= 0.3 is 0 Å². The zero-order valence-electron chi connectivity index (χ0n) is 16.5. The van der Waals surface area contributed by atoms with Gasteiger partial charge in [0.1, 0.15) is 0 Å². The molecule has 1 aromatic carbocycles. The molecule has 2 amide bonds. The molecule has 3 rings (SSSR count). The van der Waals surface area contributed by atoms with Gasteiger partial charge in [-0.15, -0.1) is 0 Å². The van der Waals surface area contributed by atoms with E-state index in [-0.39, 0.29) is 11.8 Å². The minimum atomic E-state index is 0.0999. The van der Waals surface area contributed by atoms with Gasteiger partial charge in [0.15, 0.2) is 0 Å². The topological polar surface area (TPSA) is 53.1 Å². The van der Waals surface area contributed by atoms with Gasteiger partial charge < -0.3 is 19.4 Å². The first-order valence-electron chi connectivity index (χ1n) is 9.97. The summed E-state index contributed by atoms with van der Waals surface area (Å²) in [6.45, 7) is 4.25. The largest absolute Gasteiger partial charge is 0.378 e. The fraction of sp³-hybridized carbons (Fsp3) is 0.619. The number of ether oxygens (including phenoxy) is 1. The van der Waals surface area contributed by atoms with E-state index in [9.17, 15) is 9.59 Å². The van der Waals surface area contributed by atoms with Crippen LogP contribution in [-0.4, -0.2) is 75.1 Å². The van der Waals surface area contributed by atoms with E-state index in [4.69, 9.17) is 4.74 Å². The number of carbonyl (C=O) groups is 2. The molecule has 0 radical (unpaired) electrons. The number of hydrogen-bond donors (Lipinski definition) is 0. The van der Waals surface area contributed by atoms with Gasteiger partial charge in [0, 0.05) is 57.9 Å². The van der Waals surface area contributed by atoms with Crippen molar-refractivity contribution in [2.45, 2.75) is 25.7 Å². The first-order chi connectivity index (χ1) is 13.0. The maximum Gasteiger partial charge on any atom is 0.253 e. The van der Waals surface area contributed by atoms with Crippen molar-refractivity contribution < 1.29 is 14.3 Å². The molecule has 2 aliphatic heterocycles. The number of hydrogen-bond acceptors (Lipinski definition) is 4. The summed E-state index contributed by atoms with van der Waals surface area (Å²) in [7, 11) is 3.96. The van der Waals surface area contributed by atoms with Gasteiger partial charge in [0.05, 0.1) is 13.2 Å². The quantitative estimate of drug-likeness (QED) is 0.794. The predicted octanol–water partition coefficient (Wildman–Crippen LogP) is 2.24. The van der Waals surface area contributed by atoms with E-state index in [1.165, 1.54) is 0 Å². The number of anilines is 1. The molecule has 0 aromatic heterocycles. The number of morpholine rings is 1. The minimum Gasteiger partial charge on any atom is -0.378 e. The molecule has 148 valence electrons. The van der Waals surface area contributed by atoms with Gasteiger partial charge in [-0.25, -0.2) is 0 Å². The highest BCUT2D eigenvalue weighted by molar-refractivity contribution is 5.95. The Bertz CT molecular complexity index is 656. The third-order valence-corrected chi connectivity index (χ3v) is 5.55. The number of benzene rings is 1. The van der Waals surface area contributed by atoms with E-state index >= 15 is 0 Å². The highest BCUT2D eigenvalue weighted by Crippen LogP contribution is 2.24. The summed E-state index contributed by atoms with van der Waals surface area (Å²) in [4.78, 5) is 31.2. The second-order valence-electron chi connectivity index (χ2n) is 7.74. The van der Waals surface area contributed by atoms with Gasteiger partial charge in [0.2, 0.25) is 5.91 Å². The van der Waals surface area contributed by atoms with E-state index < -0.39 is 0 Å². The molecule has 1 atom stereocenters. The van der Waals surface area contributed by atoms with Crippen LogP contribution in [0.1, 0.15) is 36.0 Å². The van der Waals surface area contributed by atoms with Gasteiger partial charge in [-0.3, -0.25) is 9.59 Å². The van der Waals surface area contributed by atoms with E-state index in [1.54, 1.807) is 0 Å². The lowest BCUT2D eigenvalue weighted by molar-refractivity contribution is -0.135. The number of rotatable bonds is 5. The lowest BCUT2D eigenvalue weighted by Crippen LogP contribution is -2.42. The summed E-state index contributed by atoms with van der Waals surface area (Å²) in [6, 6.07) is 7.78. The van der Waals surface area contributed by atoms with E-state index in [0.29, 0.717) is 38.6 Å². The first kappa shape index (κ1) is 19.7. The van der Waals surface area contributed by atoms with Crippen molar-refractivity contribution in [2.24, 2.45) is 5.92 Å². The Morgan fingerprint density at radius 2 is 1.93 bits per heavy atom. The molecule has 2 aliphatic rings. The molecule has 27 heavy (non-hydrogen) atoms. The van der Waals surface area contributed by atoms with Crippen LogP contribution in [0.4, 0.5) is 5.69 Å². The van der Waals surface area contributed by atoms with Crippen molar-refractivity contribution in [3.63, 3.8) is 0 Å². The molecular formula is C21H31N3O3. The van der Waals surface area contributed by atoms with Gasteiger partial charge in [-0.1, -0.05) is 6.07 Å². The van der Waals surface area contributed by atoms with Crippen molar-refractivity contribution in [3.8, 4) is 0 Å². The zero-order valence-corrected chi connectivity index (χ0v) is 16.5. The average molecular weight is 373 g/mol. The van der Waals surface area contributed by atoms with Crippen LogP contribution in [0.2, 0.25) is 0 Å². The smallest absolute Gasteiger partial charge is 0.253 e. The first-order valence-corrected chi connectivity index (χ1v) is 9.97. The minimum absolute atomic E-state index is 0.0999. The molecule has 6 heteroatoms. The van der Waals surface area contributed by atoms with E-state index in [1.807, 2.05) is 53.1 Å². The van der Waals surface area contributed by atoms with Crippen LogP contribution in [0.5, 0.6) is 0 Å². The van der Waals surface area contributed by atoms with Crippen LogP contribution in [0.25, 0.3) is 0 Å². The fourth-order valence-corrected chi connectivity index (χ4v) is 3.88. The molecule has 0 N–H and O–H groups in total. The molecular weight excluding hydrogens is 342 g/mol. The van der Waals surface area contributed by atoms with E-state index in [2.05, 4.69) is 0 Å². The summed E-state index contributed by atoms with van der Waals surface area (Å²) >= 11 is 0. The fourth-order valence-electron chi connectivity index (χ4n) is 3.88. The molecule has 0 saturated carbocycles. The molecule has 1 aromatic rings. The van der Waals surface area contributed by atoms with Crippen LogP contribution in [0.15, 0.2) is 24.3 Å². The highest BCUT2D eigenvalue weighted by Gasteiger charge is 2.26. The molecule has 2 heterocycles. The monoisotopic (exact) mass is 373 g/mol. The molecule has 6 nitrogen and oxygen atoms in total. The Kier molecular flexibility index (Phi) is 6.72. The van der Waals surface area contributed by atoms with Crippen LogP contribution in [0.3, 0.4) is 0 Å². The van der Waals surface area contributed by atoms with Crippen molar-refractivity contribution >= 4 is 17.5 Å². The van der Waals surface area contributed by atoms with Crippen molar-refractivity contribution in [1.82, 2.24) is 9.80 Å². The summed E-state index contributed by atoms with van der Waals surface area (Å²) in [5.41, 5.74) is 1.77. The van der Waals surface area contributed by atoms with Gasteiger partial charge in [-0.05, 0) is 43.4 Å². The maximum atomic E-state index is 12.9. The van der Waals surface area contributed by atoms with Crippen molar-refractivity contribution in [1.29, 1.82) is 0 Å². The van der Waals surface area contributed by atoms with Crippen LogP contribution in [0, 0.1) is 5.92 Å². The average Bonchev–Trinajstić information content (AvgIpc) is 2.72. The SMILES string of the molecule is CN(C)c1cccc(C(=O)N2CCC[C@H](CCC(=O)N3CCOCC3)C2)c1. The van der Waals surface area contributed by atoms with Gasteiger partial charge in [-0.2, -0.15) is 0 Å². The summed E-state index contributed by atoms with van der Waals surface area (Å²) in [6.07, 6.45) is 3.54. The Morgan fingerprint density at radius 1 is 1.15 bits per heavy atom. The number of likely N-dealkylation sites (tertiary alicyclic amines) is 1. The number of piperidine rings is 1. The second kappa shape index (κ2) is 9.22. The number of nitrogens with zero attached hydrogens (tertiary/aromatic N) is 3. The Labute approximate surface area is 162 Å². The lowest BCUT2D eigenvalue weighted by Gasteiger charge is -2.33. The van der Waals surface area contributed by atoms with Gasteiger partial charge in [0.25, 0.3) is 5.91 Å². The standard InChI is InChI=1S/C21H31N3O3/c1-22(2)19-7-3-6-18(15-19)21(26)24-10-4-5-17(16-24)8-9-20(25)23-11-13-27-14-12-23/h3,6-7,15,17H,4-5,8-14,16H2,1-2H3/t17-/m1/s1. The van der Waals surface area contributed by atoms with Crippen molar-refractivity contribution in [2.75, 3.05) is 58.4 Å². The third-order valence-electron chi connectivity index (χ3n) is 5.55. The molecule has 0 unspecified atom stereocenters. The molecule has 2 fully saturated rings. The molecule has 2 saturated heterocycles. The predicted molar refractivity (Wildman–Crippen MR) is 106 cm³/mol. The Morgan fingerprint density at radius 3 is 2.67 bits per heavy atom. The van der Waals surface area contributed by atoms with Crippen molar-refractivity contribution in [3.05, 3.63) is 29.8 Å². The van der Waals surface area contributed by atoms with E-state index in [0.717, 1.165) is 43.6 Å². The third kappa shape index (κ3) is 5.22. The normalized spacial score (nSPS) is 20.4. The van der Waals surface area contributed by atoms with Crippen LogP contribution >= 0.6 is 0 Å². The number of carbonyl (C=O) groups excluding carboxylic acids is 2. The lowest BCUT2D eigenvalue weighted by atomic mass is 9.92. The Hall–Kier alpha value is -2.08. The van der Waals surface area contributed by atoms with Crippen LogP contribution < -0.4 is 4.90 Å². The molecule has 0 spiro atoms. The summed E-state index contributed by atoms with van der Waals surface area (Å²) in [5, 5.41) is 0. The van der Waals surface area contributed by atoms with Crippen LogP contribution in [-0.2, 0) is 9.53 Å². The Balaban J connectivity index is 1.53. The maximum absolute atomic E-state index is 12.9. The number of amides is 2. The summed E-state index contributed by atoms with van der Waals surface area (Å²) in [5.74, 6) is 0.730. The highest BCUT2D eigenvalue weighted by atomic mass is 16.5. The zero-order chi connectivity index (χ0) is 19.2. The second-order valence-corrected chi connectivity index (χ2v) is 7.74.